The Balaban J connectivity index is 1.40. The summed E-state index contributed by atoms with van der Waals surface area (Å²) in [6, 6.07) is 20.8. The van der Waals surface area contributed by atoms with Crippen molar-refractivity contribution in [3.05, 3.63) is 97.0 Å². The lowest BCUT2D eigenvalue weighted by Gasteiger charge is -2.24. The number of hydrogen-bond donors (Lipinski definition) is 3. The maximum Gasteiger partial charge on any atom is 0.323 e. The second kappa shape index (κ2) is 12.7. The monoisotopic (exact) mass is 627 g/mol. The molecule has 45 heavy (non-hydrogen) atoms. The summed E-state index contributed by atoms with van der Waals surface area (Å²) in [7, 11) is -2.21. The van der Waals surface area contributed by atoms with Crippen LogP contribution >= 0.6 is 0 Å². The highest BCUT2D eigenvalue weighted by molar-refractivity contribution is 7.92. The van der Waals surface area contributed by atoms with Crippen molar-refractivity contribution in [2.45, 2.75) is 26.2 Å². The highest BCUT2D eigenvalue weighted by Gasteiger charge is 2.22. The van der Waals surface area contributed by atoms with Crippen LogP contribution in [-0.2, 0) is 15.4 Å². The summed E-state index contributed by atoms with van der Waals surface area (Å²) in [6.45, 7) is 5.96. The van der Waals surface area contributed by atoms with E-state index in [-0.39, 0.29) is 16.9 Å². The number of sulfonamides is 1. The van der Waals surface area contributed by atoms with Crippen LogP contribution < -0.4 is 29.6 Å². The number of pyridine rings is 2. The lowest BCUT2D eigenvalue weighted by molar-refractivity contribution is 0.262. The van der Waals surface area contributed by atoms with Gasteiger partial charge in [-0.2, -0.15) is 0 Å². The number of ether oxygens (including phenoxy) is 3. The van der Waals surface area contributed by atoms with Crippen molar-refractivity contribution in [3.63, 3.8) is 0 Å². The van der Waals surface area contributed by atoms with Crippen LogP contribution in [0, 0.1) is 0 Å². The minimum atomic E-state index is -3.62. The van der Waals surface area contributed by atoms with Crippen LogP contribution in [0.5, 0.6) is 28.9 Å². The van der Waals surface area contributed by atoms with E-state index in [0.29, 0.717) is 34.5 Å². The third kappa shape index (κ3) is 7.78. The molecule has 0 atom stereocenters. The Bertz CT molecular complexity index is 1960. The first-order chi connectivity index (χ1) is 21.4. The van der Waals surface area contributed by atoms with E-state index in [2.05, 4.69) is 25.3 Å². The van der Waals surface area contributed by atoms with Gasteiger partial charge in [-0.3, -0.25) is 9.71 Å². The Hall–Kier alpha value is -5.36. The number of nitrogens with zero attached hydrogens (tertiary/aromatic N) is 2. The molecule has 0 saturated heterocycles. The quantitative estimate of drug-likeness (QED) is 0.152. The molecule has 5 aromatic rings. The topological polar surface area (TPSA) is 141 Å². The van der Waals surface area contributed by atoms with E-state index in [1.807, 2.05) is 45.0 Å². The average Bonchev–Trinajstić information content (AvgIpc) is 2.98. The molecule has 0 fully saturated rings. The first-order valence-corrected chi connectivity index (χ1v) is 15.8. The number of carbonyl (C=O) groups is 1. The summed E-state index contributed by atoms with van der Waals surface area (Å²) in [5, 5.41) is 7.23. The number of carbonyl (C=O) groups excluding carboxylic acids is 1. The molecule has 0 bridgehead atoms. The first-order valence-electron chi connectivity index (χ1n) is 13.9. The number of amides is 2. The molecule has 0 aliphatic carbocycles. The summed E-state index contributed by atoms with van der Waals surface area (Å²) in [5.41, 5.74) is 1.51. The Morgan fingerprint density at radius 3 is 2.13 bits per heavy atom. The van der Waals surface area contributed by atoms with Crippen LogP contribution in [-0.4, -0.2) is 37.8 Å². The van der Waals surface area contributed by atoms with Crippen molar-refractivity contribution in [1.29, 1.82) is 0 Å². The summed E-state index contributed by atoms with van der Waals surface area (Å²) in [6.07, 6.45) is 5.90. The number of hydrogen-bond acceptors (Lipinski definition) is 8. The SMILES string of the molecule is COc1c(NC(=O)Nc2ccc(Oc3ccnc(Oc4ccncc4)c3)c3ccccc23)cc(C(C)(C)C)cc1NS(C)(=O)=O. The largest absolute Gasteiger partial charge is 0.492 e. The lowest BCUT2D eigenvalue weighted by Crippen LogP contribution is -2.22. The zero-order valence-corrected chi connectivity index (χ0v) is 26.2. The first kappa shape index (κ1) is 31.1. The second-order valence-electron chi connectivity index (χ2n) is 11.2. The molecule has 0 spiro atoms. The molecular weight excluding hydrogens is 594 g/mol. The predicted octanol–water partition coefficient (Wildman–Crippen LogP) is 7.54. The Morgan fingerprint density at radius 1 is 0.778 bits per heavy atom. The number of aromatic nitrogens is 2. The van der Waals surface area contributed by atoms with Gasteiger partial charge in [0.25, 0.3) is 0 Å². The molecule has 0 saturated carbocycles. The molecule has 11 nitrogen and oxygen atoms in total. The lowest BCUT2D eigenvalue weighted by atomic mass is 9.86. The maximum absolute atomic E-state index is 13.3. The molecule has 3 aromatic carbocycles. The molecule has 2 heterocycles. The average molecular weight is 628 g/mol. The van der Waals surface area contributed by atoms with E-state index in [0.717, 1.165) is 22.6 Å². The summed E-state index contributed by atoms with van der Waals surface area (Å²) >= 11 is 0. The number of methoxy groups -OCH3 is 1. The number of nitrogens with one attached hydrogen (secondary N) is 3. The van der Waals surface area contributed by atoms with Gasteiger partial charge in [0.05, 0.1) is 30.4 Å². The van der Waals surface area contributed by atoms with Crippen LogP contribution in [0.3, 0.4) is 0 Å². The van der Waals surface area contributed by atoms with Gasteiger partial charge in [-0.05, 0) is 53.4 Å². The molecule has 5 rings (SSSR count). The molecular formula is C33H33N5O6S. The number of fused-ring (bicyclic) bond motifs is 1. The molecule has 2 amide bonds. The smallest absolute Gasteiger partial charge is 0.323 e. The zero-order chi connectivity index (χ0) is 32.2. The number of urea groups is 1. The molecule has 0 aliphatic heterocycles. The maximum atomic E-state index is 13.3. The van der Waals surface area contributed by atoms with Crippen LogP contribution in [0.15, 0.2) is 91.4 Å². The van der Waals surface area contributed by atoms with Crippen LogP contribution in [0.4, 0.5) is 21.9 Å². The fourth-order valence-corrected chi connectivity index (χ4v) is 5.11. The van der Waals surface area contributed by atoms with Gasteiger partial charge in [0.1, 0.15) is 17.2 Å². The van der Waals surface area contributed by atoms with Gasteiger partial charge >= 0.3 is 6.03 Å². The third-order valence-electron chi connectivity index (χ3n) is 6.64. The highest BCUT2D eigenvalue weighted by Crippen LogP contribution is 2.40. The fraction of sp³-hybridized carbons (Fsp3) is 0.182. The van der Waals surface area contributed by atoms with Gasteiger partial charge < -0.3 is 24.8 Å². The Labute approximate surface area is 261 Å². The van der Waals surface area contributed by atoms with Crippen LogP contribution in [0.25, 0.3) is 10.8 Å². The van der Waals surface area contributed by atoms with Crippen molar-refractivity contribution in [3.8, 4) is 28.9 Å². The Kier molecular flexibility index (Phi) is 8.77. The van der Waals surface area contributed by atoms with E-state index >= 15 is 0 Å². The van der Waals surface area contributed by atoms with Gasteiger partial charge in [-0.15, -0.1) is 0 Å². The van der Waals surface area contributed by atoms with Gasteiger partial charge in [0.15, 0.2) is 5.75 Å². The number of rotatable bonds is 9. The van der Waals surface area contributed by atoms with E-state index in [1.54, 1.807) is 67.1 Å². The minimum Gasteiger partial charge on any atom is -0.492 e. The van der Waals surface area contributed by atoms with Gasteiger partial charge in [-0.1, -0.05) is 45.0 Å². The van der Waals surface area contributed by atoms with Crippen molar-refractivity contribution in [2.24, 2.45) is 0 Å². The number of anilines is 3. The molecule has 0 unspecified atom stereocenters. The standard InChI is InChI=1S/C33H33N5O6S/c1-33(2,3)21-18-27(31(42-4)28(19-21)38-45(5,40)41)37-32(39)36-26-10-11-29(25-9-7-6-8-24(25)26)43-23-14-17-35-30(20-23)44-22-12-15-34-16-13-22/h6-20,38H,1-5H3,(H2,36,37,39). The van der Waals surface area contributed by atoms with E-state index < -0.39 is 16.1 Å². The summed E-state index contributed by atoms with van der Waals surface area (Å²) in [5.74, 6) is 2.22. The van der Waals surface area contributed by atoms with Crippen LogP contribution in [0.2, 0.25) is 0 Å². The van der Waals surface area contributed by atoms with E-state index in [4.69, 9.17) is 14.2 Å². The van der Waals surface area contributed by atoms with Gasteiger partial charge in [-0.25, -0.2) is 18.2 Å². The molecule has 2 aromatic heterocycles. The molecule has 3 N–H and O–H groups in total. The normalized spacial score (nSPS) is 11.5. The van der Waals surface area contributed by atoms with Gasteiger partial charge in [0.2, 0.25) is 15.9 Å². The fourth-order valence-electron chi connectivity index (χ4n) is 4.56. The van der Waals surface area contributed by atoms with Gasteiger partial charge in [0, 0.05) is 35.4 Å². The van der Waals surface area contributed by atoms with E-state index in [1.165, 1.54) is 7.11 Å². The van der Waals surface area contributed by atoms with Crippen LogP contribution in [0.1, 0.15) is 26.3 Å². The second-order valence-corrected chi connectivity index (χ2v) is 12.9. The van der Waals surface area contributed by atoms with Crippen molar-refractivity contribution >= 4 is 43.9 Å². The molecule has 232 valence electrons. The minimum absolute atomic E-state index is 0.182. The number of benzene rings is 3. The Morgan fingerprint density at radius 2 is 1.44 bits per heavy atom. The summed E-state index contributed by atoms with van der Waals surface area (Å²) < 4.78 is 44.2. The third-order valence-corrected chi connectivity index (χ3v) is 7.23. The zero-order valence-electron chi connectivity index (χ0n) is 25.4. The molecule has 12 heteroatoms. The predicted molar refractivity (Wildman–Crippen MR) is 175 cm³/mol. The van der Waals surface area contributed by atoms with E-state index in [9.17, 15) is 13.2 Å². The highest BCUT2D eigenvalue weighted by atomic mass is 32.2. The van der Waals surface area contributed by atoms with Crippen molar-refractivity contribution in [2.75, 3.05) is 28.7 Å². The molecule has 0 aliphatic rings. The van der Waals surface area contributed by atoms with Crippen molar-refractivity contribution in [1.82, 2.24) is 9.97 Å². The molecule has 0 radical (unpaired) electrons. The van der Waals surface area contributed by atoms with Crippen molar-refractivity contribution < 1.29 is 27.4 Å². The summed E-state index contributed by atoms with van der Waals surface area (Å²) in [4.78, 5) is 21.6.